The molecular weight excluding hydrogens is 310 g/mol. The molecule has 0 saturated carbocycles. The molecule has 1 unspecified atom stereocenters. The zero-order chi connectivity index (χ0) is 16.4. The van der Waals surface area contributed by atoms with Gasteiger partial charge in [-0.15, -0.1) is 0 Å². The van der Waals surface area contributed by atoms with Crippen molar-refractivity contribution in [2.75, 3.05) is 0 Å². The normalized spacial score (nSPS) is 12.3. The maximum atomic E-state index is 11.3. The van der Waals surface area contributed by atoms with Gasteiger partial charge < -0.3 is 5.11 Å². The van der Waals surface area contributed by atoms with E-state index in [1.165, 1.54) is 5.56 Å². The molecule has 23 heavy (non-hydrogen) atoms. The SMILES string of the molecule is Cc1ccc(-c2cc(CO)nn2-c2ccc(S(N)=O)cc2)cc1. The molecule has 0 spiro atoms. The first kappa shape index (κ1) is 15.6. The fourth-order valence-corrected chi connectivity index (χ4v) is 2.76. The van der Waals surface area contributed by atoms with Gasteiger partial charge in [-0.3, -0.25) is 0 Å². The summed E-state index contributed by atoms with van der Waals surface area (Å²) in [5, 5.41) is 19.2. The number of aliphatic hydroxyl groups excluding tert-OH is 1. The highest BCUT2D eigenvalue weighted by atomic mass is 32.2. The van der Waals surface area contributed by atoms with Crippen LogP contribution in [0, 0.1) is 6.92 Å². The number of aromatic nitrogens is 2. The number of aryl methyl sites for hydroxylation is 1. The Kier molecular flexibility index (Phi) is 4.38. The van der Waals surface area contributed by atoms with Gasteiger partial charge in [-0.1, -0.05) is 29.8 Å². The van der Waals surface area contributed by atoms with E-state index < -0.39 is 11.0 Å². The molecule has 6 heteroatoms. The smallest absolute Gasteiger partial charge is 0.122 e. The molecule has 3 N–H and O–H groups in total. The number of hydrogen-bond acceptors (Lipinski definition) is 3. The number of rotatable bonds is 4. The lowest BCUT2D eigenvalue weighted by Gasteiger charge is -2.08. The zero-order valence-corrected chi connectivity index (χ0v) is 13.5. The molecule has 0 fully saturated rings. The van der Waals surface area contributed by atoms with E-state index >= 15 is 0 Å². The summed E-state index contributed by atoms with van der Waals surface area (Å²) in [5.74, 6) is 0. The van der Waals surface area contributed by atoms with E-state index in [1.54, 1.807) is 16.8 Å². The number of aliphatic hydroxyl groups is 1. The fraction of sp³-hybridized carbons (Fsp3) is 0.118. The molecular formula is C17H17N3O2S. The first-order valence-electron chi connectivity index (χ1n) is 7.12. The van der Waals surface area contributed by atoms with Gasteiger partial charge in [-0.25, -0.2) is 14.0 Å². The van der Waals surface area contributed by atoms with E-state index in [9.17, 15) is 9.32 Å². The van der Waals surface area contributed by atoms with Crippen LogP contribution < -0.4 is 5.14 Å². The number of nitrogens with zero attached hydrogens (tertiary/aromatic N) is 2. The van der Waals surface area contributed by atoms with E-state index in [1.807, 2.05) is 49.4 Å². The molecule has 2 aromatic carbocycles. The first-order valence-corrected chi connectivity index (χ1v) is 8.33. The van der Waals surface area contributed by atoms with Crippen molar-refractivity contribution in [1.82, 2.24) is 9.78 Å². The minimum absolute atomic E-state index is 0.128. The molecule has 1 aromatic heterocycles. The Hall–Kier alpha value is -2.28. The fourth-order valence-electron chi connectivity index (χ4n) is 2.36. The van der Waals surface area contributed by atoms with Gasteiger partial charge in [-0.05, 0) is 37.3 Å². The van der Waals surface area contributed by atoms with E-state index in [0.29, 0.717) is 10.6 Å². The monoisotopic (exact) mass is 327 g/mol. The van der Waals surface area contributed by atoms with Crippen LogP contribution in [0.5, 0.6) is 0 Å². The van der Waals surface area contributed by atoms with Crippen molar-refractivity contribution in [3.63, 3.8) is 0 Å². The van der Waals surface area contributed by atoms with Crippen molar-refractivity contribution in [3.8, 4) is 16.9 Å². The Morgan fingerprint density at radius 1 is 1.13 bits per heavy atom. The Labute approximate surface area is 137 Å². The third-order valence-corrected chi connectivity index (χ3v) is 4.32. The van der Waals surface area contributed by atoms with E-state index in [4.69, 9.17) is 5.14 Å². The minimum Gasteiger partial charge on any atom is -0.390 e. The molecule has 1 atom stereocenters. The van der Waals surface area contributed by atoms with Crippen LogP contribution in [0.4, 0.5) is 0 Å². The molecule has 0 aliphatic carbocycles. The van der Waals surface area contributed by atoms with Gasteiger partial charge in [0.2, 0.25) is 0 Å². The van der Waals surface area contributed by atoms with Crippen molar-refractivity contribution in [1.29, 1.82) is 0 Å². The van der Waals surface area contributed by atoms with Gasteiger partial charge in [-0.2, -0.15) is 5.10 Å². The molecule has 1 heterocycles. The lowest BCUT2D eigenvalue weighted by Crippen LogP contribution is -2.04. The van der Waals surface area contributed by atoms with Crippen LogP contribution in [0.25, 0.3) is 16.9 Å². The van der Waals surface area contributed by atoms with Crippen LogP contribution in [0.2, 0.25) is 0 Å². The van der Waals surface area contributed by atoms with Crippen LogP contribution >= 0.6 is 0 Å². The van der Waals surface area contributed by atoms with Crippen LogP contribution in [0.1, 0.15) is 11.3 Å². The predicted octanol–water partition coefficient (Wildman–Crippen LogP) is 2.32. The predicted molar refractivity (Wildman–Crippen MR) is 90.3 cm³/mol. The second-order valence-corrected chi connectivity index (χ2v) is 6.31. The average molecular weight is 327 g/mol. The Balaban J connectivity index is 2.09. The van der Waals surface area contributed by atoms with Gasteiger partial charge in [0.05, 0.1) is 28.6 Å². The largest absolute Gasteiger partial charge is 0.390 e. The lowest BCUT2D eigenvalue weighted by atomic mass is 10.1. The zero-order valence-electron chi connectivity index (χ0n) is 12.6. The lowest BCUT2D eigenvalue weighted by molar-refractivity contribution is 0.276. The quantitative estimate of drug-likeness (QED) is 0.771. The minimum atomic E-state index is -1.50. The summed E-state index contributed by atoms with van der Waals surface area (Å²) in [5.41, 5.74) is 4.48. The summed E-state index contributed by atoms with van der Waals surface area (Å²) >= 11 is 0. The molecule has 0 aliphatic heterocycles. The molecule has 0 radical (unpaired) electrons. The molecule has 0 aliphatic rings. The van der Waals surface area contributed by atoms with Crippen LogP contribution in [-0.4, -0.2) is 19.1 Å². The highest BCUT2D eigenvalue weighted by Crippen LogP contribution is 2.25. The molecule has 3 aromatic rings. The molecule has 0 bridgehead atoms. The third-order valence-electron chi connectivity index (χ3n) is 3.58. The van der Waals surface area contributed by atoms with Crippen molar-refractivity contribution < 1.29 is 9.32 Å². The summed E-state index contributed by atoms with van der Waals surface area (Å²) in [7, 11) is -1.50. The molecule has 0 amide bonds. The number of hydrogen-bond donors (Lipinski definition) is 2. The Morgan fingerprint density at radius 3 is 2.35 bits per heavy atom. The number of benzene rings is 2. The van der Waals surface area contributed by atoms with E-state index in [0.717, 1.165) is 16.9 Å². The van der Waals surface area contributed by atoms with Crippen molar-refractivity contribution in [2.45, 2.75) is 18.4 Å². The first-order chi connectivity index (χ1) is 11.1. The van der Waals surface area contributed by atoms with Crippen LogP contribution in [-0.2, 0) is 17.6 Å². The second-order valence-electron chi connectivity index (χ2n) is 5.25. The average Bonchev–Trinajstić information content (AvgIpc) is 3.00. The van der Waals surface area contributed by atoms with Gasteiger partial charge in [0.1, 0.15) is 11.0 Å². The van der Waals surface area contributed by atoms with Gasteiger partial charge in [0.15, 0.2) is 0 Å². The Bertz CT molecular complexity index is 839. The van der Waals surface area contributed by atoms with Crippen molar-refractivity contribution in [3.05, 3.63) is 65.9 Å². The molecule has 5 nitrogen and oxygen atoms in total. The standard InChI is InChI=1S/C17H17N3O2S/c1-12-2-4-13(5-3-12)17-10-14(11-21)19-20(17)15-6-8-16(9-7-15)23(18)22/h2-10,21H,11,18H2,1H3. The summed E-state index contributed by atoms with van der Waals surface area (Å²) in [6.07, 6.45) is 0. The summed E-state index contributed by atoms with van der Waals surface area (Å²) in [6.45, 7) is 1.91. The topological polar surface area (TPSA) is 81.1 Å². The van der Waals surface area contributed by atoms with Gasteiger partial charge in [0, 0.05) is 5.56 Å². The highest BCUT2D eigenvalue weighted by Gasteiger charge is 2.11. The summed E-state index contributed by atoms with van der Waals surface area (Å²) in [6, 6.07) is 17.0. The van der Waals surface area contributed by atoms with Gasteiger partial charge in [0.25, 0.3) is 0 Å². The second kappa shape index (κ2) is 6.45. The van der Waals surface area contributed by atoms with E-state index in [-0.39, 0.29) is 6.61 Å². The molecule has 0 saturated heterocycles. The maximum absolute atomic E-state index is 11.3. The molecule has 118 valence electrons. The van der Waals surface area contributed by atoms with Crippen molar-refractivity contribution in [2.24, 2.45) is 5.14 Å². The number of nitrogens with two attached hydrogens (primary N) is 1. The van der Waals surface area contributed by atoms with Crippen LogP contribution in [0.3, 0.4) is 0 Å². The Morgan fingerprint density at radius 2 is 1.78 bits per heavy atom. The van der Waals surface area contributed by atoms with Crippen molar-refractivity contribution >= 4 is 11.0 Å². The highest BCUT2D eigenvalue weighted by molar-refractivity contribution is 7.82. The molecule has 3 rings (SSSR count). The third kappa shape index (κ3) is 3.24. The maximum Gasteiger partial charge on any atom is 0.122 e. The van der Waals surface area contributed by atoms with Gasteiger partial charge >= 0.3 is 0 Å². The summed E-state index contributed by atoms with van der Waals surface area (Å²) in [4.78, 5) is 0.556. The van der Waals surface area contributed by atoms with Crippen LogP contribution in [0.15, 0.2) is 59.5 Å². The van der Waals surface area contributed by atoms with E-state index in [2.05, 4.69) is 5.10 Å². The summed E-state index contributed by atoms with van der Waals surface area (Å²) < 4.78 is 13.1.